The third-order valence-electron chi connectivity index (χ3n) is 4.39. The Hall–Kier alpha value is -1.60. The van der Waals surface area contributed by atoms with E-state index in [1.165, 1.54) is 42.4 Å². The largest absolute Gasteiger partial charge is 0.342 e. The number of fused-ring (bicyclic) bond motifs is 1. The Bertz CT molecular complexity index is 804. The van der Waals surface area contributed by atoms with Gasteiger partial charge in [-0.2, -0.15) is 0 Å². The molecule has 3 heterocycles. The lowest BCUT2D eigenvalue weighted by Crippen LogP contribution is -2.35. The number of nitrogens with zero attached hydrogens (tertiary/aromatic N) is 3. The number of thiophene rings is 1. The molecule has 5 nitrogen and oxygen atoms in total. The highest BCUT2D eigenvalue weighted by molar-refractivity contribution is 7.99. The Morgan fingerprint density at radius 2 is 2.00 bits per heavy atom. The number of allylic oxidation sites excluding steroid dienone is 1. The molecule has 1 aliphatic heterocycles. The van der Waals surface area contributed by atoms with Crippen molar-refractivity contribution in [2.24, 2.45) is 0 Å². The summed E-state index contributed by atoms with van der Waals surface area (Å²) in [6, 6.07) is 1.80. The molecule has 2 aromatic rings. The minimum Gasteiger partial charge on any atom is -0.342 e. The van der Waals surface area contributed by atoms with Crippen LogP contribution in [0.2, 0.25) is 0 Å². The maximum atomic E-state index is 12.6. The van der Waals surface area contributed by atoms with Gasteiger partial charge < -0.3 is 4.90 Å². The number of thioether (sulfide) groups is 1. The van der Waals surface area contributed by atoms with Gasteiger partial charge in [0.25, 0.3) is 5.56 Å². The van der Waals surface area contributed by atoms with Crippen LogP contribution in [0.15, 0.2) is 34.1 Å². The van der Waals surface area contributed by atoms with E-state index in [-0.39, 0.29) is 11.5 Å². The van der Waals surface area contributed by atoms with Gasteiger partial charge in [0.05, 0.1) is 11.1 Å². The van der Waals surface area contributed by atoms with Gasteiger partial charge in [0.2, 0.25) is 5.91 Å². The normalized spacial score (nSPS) is 15.8. The van der Waals surface area contributed by atoms with Crippen LogP contribution in [-0.2, 0) is 11.3 Å². The SMILES string of the molecule is C=CCn1c(SCC(=O)N2CCCCCCC2)nc2sccc2c1=O. The van der Waals surface area contributed by atoms with Gasteiger partial charge in [-0.1, -0.05) is 37.1 Å². The van der Waals surface area contributed by atoms with Crippen molar-refractivity contribution in [3.05, 3.63) is 34.5 Å². The molecule has 1 amide bonds. The van der Waals surface area contributed by atoms with Gasteiger partial charge in [-0.25, -0.2) is 4.98 Å². The predicted octanol–water partition coefficient (Wildman–Crippen LogP) is 3.53. The molecule has 1 fully saturated rings. The van der Waals surface area contributed by atoms with E-state index in [1.807, 2.05) is 10.3 Å². The molecule has 0 bridgehead atoms. The third-order valence-corrected chi connectivity index (χ3v) is 6.16. The molecule has 7 heteroatoms. The monoisotopic (exact) mass is 377 g/mol. The molecule has 3 rings (SSSR count). The van der Waals surface area contributed by atoms with Gasteiger partial charge in [-0.3, -0.25) is 14.2 Å². The highest BCUT2D eigenvalue weighted by Crippen LogP contribution is 2.22. The maximum absolute atomic E-state index is 12.6. The van der Waals surface area contributed by atoms with Gasteiger partial charge in [-0.05, 0) is 24.3 Å². The van der Waals surface area contributed by atoms with Crippen molar-refractivity contribution in [1.29, 1.82) is 0 Å². The molecule has 2 aromatic heterocycles. The molecule has 134 valence electrons. The molecule has 0 aliphatic carbocycles. The molecule has 0 spiro atoms. The molecule has 0 atom stereocenters. The second-order valence-electron chi connectivity index (χ2n) is 6.18. The first-order valence-electron chi connectivity index (χ1n) is 8.70. The van der Waals surface area contributed by atoms with Gasteiger partial charge in [0.1, 0.15) is 4.83 Å². The van der Waals surface area contributed by atoms with Crippen molar-refractivity contribution in [1.82, 2.24) is 14.5 Å². The van der Waals surface area contributed by atoms with E-state index in [0.717, 1.165) is 30.8 Å². The summed E-state index contributed by atoms with van der Waals surface area (Å²) in [6.45, 7) is 5.81. The number of hydrogen-bond donors (Lipinski definition) is 0. The van der Waals surface area contributed by atoms with Gasteiger partial charge in [0.15, 0.2) is 5.16 Å². The molecule has 0 aromatic carbocycles. The number of hydrogen-bond acceptors (Lipinski definition) is 5. The van der Waals surface area contributed by atoms with Gasteiger partial charge in [0, 0.05) is 19.6 Å². The van der Waals surface area contributed by atoms with Crippen LogP contribution in [0.3, 0.4) is 0 Å². The standard InChI is InChI=1S/C18H23N3O2S2/c1-2-9-21-17(23)14-8-12-24-16(14)19-18(21)25-13-15(22)20-10-6-4-3-5-7-11-20/h2,8,12H,1,3-7,9-11,13H2. The van der Waals surface area contributed by atoms with Crippen molar-refractivity contribution >= 4 is 39.2 Å². The molecule has 1 saturated heterocycles. The molecule has 25 heavy (non-hydrogen) atoms. The predicted molar refractivity (Wildman–Crippen MR) is 104 cm³/mol. The summed E-state index contributed by atoms with van der Waals surface area (Å²) in [4.78, 5) is 32.5. The Morgan fingerprint density at radius 3 is 2.72 bits per heavy atom. The summed E-state index contributed by atoms with van der Waals surface area (Å²) in [5.74, 6) is 0.457. The fourth-order valence-electron chi connectivity index (χ4n) is 3.04. The van der Waals surface area contributed by atoms with E-state index in [2.05, 4.69) is 11.6 Å². The van der Waals surface area contributed by atoms with Crippen LogP contribution in [0.4, 0.5) is 0 Å². The van der Waals surface area contributed by atoms with Gasteiger partial charge in [-0.15, -0.1) is 17.9 Å². The fraction of sp³-hybridized carbons (Fsp3) is 0.500. The van der Waals surface area contributed by atoms with Crippen LogP contribution in [0.5, 0.6) is 0 Å². The molecule has 0 radical (unpaired) electrons. The summed E-state index contributed by atoms with van der Waals surface area (Å²) >= 11 is 2.80. The summed E-state index contributed by atoms with van der Waals surface area (Å²) in [5.41, 5.74) is -0.0626. The van der Waals surface area contributed by atoms with E-state index >= 15 is 0 Å². The number of carbonyl (C=O) groups excluding carboxylic acids is 1. The zero-order valence-electron chi connectivity index (χ0n) is 14.3. The van der Waals surface area contributed by atoms with Crippen LogP contribution in [0.25, 0.3) is 10.2 Å². The highest BCUT2D eigenvalue weighted by atomic mass is 32.2. The Kier molecular flexibility index (Phi) is 6.31. The maximum Gasteiger partial charge on any atom is 0.263 e. The lowest BCUT2D eigenvalue weighted by Gasteiger charge is -2.24. The smallest absolute Gasteiger partial charge is 0.263 e. The zero-order valence-corrected chi connectivity index (χ0v) is 15.9. The van der Waals surface area contributed by atoms with Crippen LogP contribution >= 0.6 is 23.1 Å². The van der Waals surface area contributed by atoms with Gasteiger partial charge >= 0.3 is 0 Å². The topological polar surface area (TPSA) is 55.2 Å². The second-order valence-corrected chi connectivity index (χ2v) is 8.01. The molecule has 1 aliphatic rings. The van der Waals surface area contributed by atoms with Crippen molar-refractivity contribution in [3.8, 4) is 0 Å². The quantitative estimate of drug-likeness (QED) is 0.454. The summed E-state index contributed by atoms with van der Waals surface area (Å²) in [7, 11) is 0. The minimum absolute atomic E-state index is 0.0626. The van der Waals surface area contributed by atoms with E-state index < -0.39 is 0 Å². The number of amides is 1. The molecular weight excluding hydrogens is 354 g/mol. The summed E-state index contributed by atoms with van der Waals surface area (Å²) in [6.07, 6.45) is 7.52. The minimum atomic E-state index is -0.0626. The van der Waals surface area contributed by atoms with Crippen molar-refractivity contribution < 1.29 is 4.79 Å². The molecule has 0 unspecified atom stereocenters. The van der Waals surface area contributed by atoms with Crippen LogP contribution in [0.1, 0.15) is 32.1 Å². The summed E-state index contributed by atoms with van der Waals surface area (Å²) in [5, 5.41) is 3.10. The first-order chi connectivity index (χ1) is 12.2. The van der Waals surface area contributed by atoms with Crippen LogP contribution in [0, 0.1) is 0 Å². The van der Waals surface area contributed by atoms with E-state index in [1.54, 1.807) is 16.7 Å². The van der Waals surface area contributed by atoms with Crippen LogP contribution in [-0.4, -0.2) is 39.2 Å². The van der Waals surface area contributed by atoms with E-state index in [9.17, 15) is 9.59 Å². The Balaban J connectivity index is 1.75. The highest BCUT2D eigenvalue weighted by Gasteiger charge is 2.17. The lowest BCUT2D eigenvalue weighted by molar-refractivity contribution is -0.128. The number of aromatic nitrogens is 2. The third kappa shape index (κ3) is 4.33. The molecular formula is C18H23N3O2S2. The van der Waals surface area contributed by atoms with Crippen molar-refractivity contribution in [2.75, 3.05) is 18.8 Å². The number of carbonyl (C=O) groups is 1. The molecule has 0 N–H and O–H groups in total. The van der Waals surface area contributed by atoms with Crippen LogP contribution < -0.4 is 5.56 Å². The average molecular weight is 378 g/mol. The Morgan fingerprint density at radius 1 is 1.28 bits per heavy atom. The summed E-state index contributed by atoms with van der Waals surface area (Å²) < 4.78 is 1.60. The number of likely N-dealkylation sites (tertiary alicyclic amines) is 1. The first-order valence-corrected chi connectivity index (χ1v) is 10.6. The zero-order chi connectivity index (χ0) is 17.6. The fourth-order valence-corrected chi connectivity index (χ4v) is 4.76. The van der Waals surface area contributed by atoms with E-state index in [4.69, 9.17) is 0 Å². The number of rotatable bonds is 5. The average Bonchev–Trinajstić information content (AvgIpc) is 3.04. The molecule has 0 saturated carbocycles. The first kappa shape index (κ1) is 18.2. The lowest BCUT2D eigenvalue weighted by atomic mass is 10.1. The second kappa shape index (κ2) is 8.67. The van der Waals surface area contributed by atoms with Crippen molar-refractivity contribution in [2.45, 2.75) is 43.8 Å². The Labute approximate surface area is 155 Å². The van der Waals surface area contributed by atoms with Crippen molar-refractivity contribution in [3.63, 3.8) is 0 Å². The van der Waals surface area contributed by atoms with E-state index in [0.29, 0.717) is 22.8 Å².